The number of rotatable bonds is 5. The number of aromatic nitrogens is 2. The van der Waals surface area contributed by atoms with Crippen LogP contribution in [0.5, 0.6) is 0 Å². The largest absolute Gasteiger partial charge is 0.325 e. The van der Waals surface area contributed by atoms with Gasteiger partial charge in [-0.3, -0.25) is 0 Å². The molecule has 0 saturated carbocycles. The number of hydrogen-bond acceptors (Lipinski definition) is 1. The summed E-state index contributed by atoms with van der Waals surface area (Å²) in [6.07, 6.45) is 2.89. The topological polar surface area (TPSA) is 17.8 Å². The lowest BCUT2D eigenvalue weighted by Crippen LogP contribution is -2.06. The summed E-state index contributed by atoms with van der Waals surface area (Å²) >= 11 is 5.69. The fourth-order valence-corrected chi connectivity index (χ4v) is 2.44. The molecule has 2 nitrogen and oxygen atoms in total. The van der Waals surface area contributed by atoms with E-state index in [4.69, 9.17) is 11.6 Å². The zero-order valence-corrected chi connectivity index (χ0v) is 11.5. The highest BCUT2D eigenvalue weighted by atomic mass is 35.5. The van der Waals surface area contributed by atoms with E-state index >= 15 is 0 Å². The molecule has 4 heteroatoms. The van der Waals surface area contributed by atoms with Gasteiger partial charge < -0.3 is 4.57 Å². The van der Waals surface area contributed by atoms with Crippen LogP contribution >= 0.6 is 11.6 Å². The summed E-state index contributed by atoms with van der Waals surface area (Å²) in [6.45, 7) is 4.24. The molecule has 0 fully saturated rings. The Balaban J connectivity index is 2.41. The number of unbranched alkanes of at least 4 members (excludes halogenated alkanes) is 1. The summed E-state index contributed by atoms with van der Waals surface area (Å²) in [7, 11) is 0. The molecule has 0 N–H and O–H groups in total. The van der Waals surface area contributed by atoms with Crippen molar-refractivity contribution < 1.29 is 4.39 Å². The standard InChI is InChI=1S/C14H18ClFN2/c1-10(2)18-13-7-6-11(16)9-12(13)17-14(18)5-3-4-8-15/h6-7,9-10H,3-5,8H2,1-2H3. The van der Waals surface area contributed by atoms with Gasteiger partial charge in [-0.15, -0.1) is 11.6 Å². The maximum absolute atomic E-state index is 13.2. The fourth-order valence-electron chi connectivity index (χ4n) is 2.25. The van der Waals surface area contributed by atoms with E-state index in [1.165, 1.54) is 12.1 Å². The van der Waals surface area contributed by atoms with Gasteiger partial charge in [0.05, 0.1) is 11.0 Å². The van der Waals surface area contributed by atoms with Crippen LogP contribution in [0, 0.1) is 5.82 Å². The predicted molar refractivity (Wildman–Crippen MR) is 73.7 cm³/mol. The number of benzene rings is 1. The zero-order chi connectivity index (χ0) is 13.1. The van der Waals surface area contributed by atoms with Crippen LogP contribution in [-0.2, 0) is 6.42 Å². The summed E-state index contributed by atoms with van der Waals surface area (Å²) in [5.74, 6) is 1.47. The van der Waals surface area contributed by atoms with Crippen LogP contribution in [0.3, 0.4) is 0 Å². The molecule has 0 aliphatic rings. The second kappa shape index (κ2) is 5.70. The molecular weight excluding hydrogens is 251 g/mol. The van der Waals surface area contributed by atoms with E-state index in [1.54, 1.807) is 0 Å². The third-order valence-corrected chi connectivity index (χ3v) is 3.29. The number of aryl methyl sites for hydroxylation is 1. The summed E-state index contributed by atoms with van der Waals surface area (Å²) in [5.41, 5.74) is 1.75. The summed E-state index contributed by atoms with van der Waals surface area (Å²) < 4.78 is 15.4. The highest BCUT2D eigenvalue weighted by molar-refractivity contribution is 6.17. The first-order valence-electron chi connectivity index (χ1n) is 6.36. The van der Waals surface area contributed by atoms with E-state index in [1.807, 2.05) is 6.07 Å². The Morgan fingerprint density at radius 3 is 2.78 bits per heavy atom. The Labute approximate surface area is 112 Å². The molecule has 2 aromatic rings. The molecule has 0 radical (unpaired) electrons. The van der Waals surface area contributed by atoms with Crippen molar-refractivity contribution in [2.24, 2.45) is 0 Å². The van der Waals surface area contributed by atoms with Crippen molar-refractivity contribution in [3.8, 4) is 0 Å². The molecule has 0 bridgehead atoms. The lowest BCUT2D eigenvalue weighted by molar-refractivity contribution is 0.574. The molecule has 0 atom stereocenters. The Morgan fingerprint density at radius 1 is 1.33 bits per heavy atom. The normalized spacial score (nSPS) is 11.6. The minimum Gasteiger partial charge on any atom is -0.325 e. The van der Waals surface area contributed by atoms with Crippen molar-refractivity contribution in [1.29, 1.82) is 0 Å². The lowest BCUT2D eigenvalue weighted by Gasteiger charge is -2.12. The van der Waals surface area contributed by atoms with Crippen molar-refractivity contribution in [3.05, 3.63) is 29.8 Å². The first-order valence-corrected chi connectivity index (χ1v) is 6.89. The molecule has 1 heterocycles. The van der Waals surface area contributed by atoms with E-state index in [2.05, 4.69) is 23.4 Å². The summed E-state index contributed by atoms with van der Waals surface area (Å²) in [4.78, 5) is 4.55. The van der Waals surface area contributed by atoms with E-state index in [0.717, 1.165) is 36.1 Å². The van der Waals surface area contributed by atoms with E-state index in [-0.39, 0.29) is 5.82 Å². The molecule has 0 aliphatic carbocycles. The molecule has 2 rings (SSSR count). The Hall–Kier alpha value is -1.09. The Morgan fingerprint density at radius 2 is 2.11 bits per heavy atom. The van der Waals surface area contributed by atoms with Gasteiger partial charge in [0.25, 0.3) is 0 Å². The van der Waals surface area contributed by atoms with Crippen LogP contribution in [0.2, 0.25) is 0 Å². The quantitative estimate of drug-likeness (QED) is 0.583. The number of fused-ring (bicyclic) bond motifs is 1. The van der Waals surface area contributed by atoms with Crippen molar-refractivity contribution in [3.63, 3.8) is 0 Å². The van der Waals surface area contributed by atoms with Gasteiger partial charge in [0, 0.05) is 24.4 Å². The van der Waals surface area contributed by atoms with Crippen molar-refractivity contribution in [2.45, 2.75) is 39.2 Å². The van der Waals surface area contributed by atoms with Crippen LogP contribution in [0.15, 0.2) is 18.2 Å². The Kier molecular flexibility index (Phi) is 4.23. The van der Waals surface area contributed by atoms with Crippen LogP contribution < -0.4 is 0 Å². The SMILES string of the molecule is CC(C)n1c(CCCCCl)nc2cc(F)ccc21. The molecule has 0 amide bonds. The third-order valence-electron chi connectivity index (χ3n) is 3.02. The van der Waals surface area contributed by atoms with E-state index < -0.39 is 0 Å². The molecule has 0 spiro atoms. The van der Waals surface area contributed by atoms with Crippen molar-refractivity contribution in [1.82, 2.24) is 9.55 Å². The summed E-state index contributed by atoms with van der Waals surface area (Å²) in [6, 6.07) is 5.12. The number of alkyl halides is 1. The van der Waals surface area contributed by atoms with Crippen molar-refractivity contribution >= 4 is 22.6 Å². The molecule has 18 heavy (non-hydrogen) atoms. The minimum absolute atomic E-state index is 0.233. The molecule has 0 unspecified atom stereocenters. The van der Waals surface area contributed by atoms with Gasteiger partial charge in [-0.1, -0.05) is 0 Å². The maximum atomic E-state index is 13.2. The number of imidazole rings is 1. The molecule has 0 aliphatic heterocycles. The molecule has 1 aromatic carbocycles. The Bertz CT molecular complexity index is 534. The first kappa shape index (κ1) is 13.3. The van der Waals surface area contributed by atoms with Gasteiger partial charge in [-0.25, -0.2) is 9.37 Å². The smallest absolute Gasteiger partial charge is 0.125 e. The van der Waals surface area contributed by atoms with Crippen LogP contribution in [0.25, 0.3) is 11.0 Å². The molecule has 1 aromatic heterocycles. The van der Waals surface area contributed by atoms with Crippen LogP contribution in [-0.4, -0.2) is 15.4 Å². The average Bonchev–Trinajstić information content (AvgIpc) is 2.66. The number of nitrogens with zero attached hydrogens (tertiary/aromatic N) is 2. The van der Waals surface area contributed by atoms with Gasteiger partial charge in [0.1, 0.15) is 11.6 Å². The average molecular weight is 269 g/mol. The second-order valence-electron chi connectivity index (χ2n) is 4.77. The van der Waals surface area contributed by atoms with Gasteiger partial charge >= 0.3 is 0 Å². The minimum atomic E-state index is -0.233. The van der Waals surface area contributed by atoms with Crippen LogP contribution in [0.1, 0.15) is 38.6 Å². The fraction of sp³-hybridized carbons (Fsp3) is 0.500. The molecule has 0 saturated heterocycles. The molecule has 98 valence electrons. The van der Waals surface area contributed by atoms with E-state index in [9.17, 15) is 4.39 Å². The second-order valence-corrected chi connectivity index (χ2v) is 5.15. The van der Waals surface area contributed by atoms with Gasteiger partial charge in [0.2, 0.25) is 0 Å². The number of halogens is 2. The zero-order valence-electron chi connectivity index (χ0n) is 10.8. The van der Waals surface area contributed by atoms with E-state index in [0.29, 0.717) is 11.9 Å². The maximum Gasteiger partial charge on any atom is 0.125 e. The van der Waals surface area contributed by atoms with Crippen molar-refractivity contribution in [2.75, 3.05) is 5.88 Å². The lowest BCUT2D eigenvalue weighted by atomic mass is 10.2. The number of hydrogen-bond donors (Lipinski definition) is 0. The third kappa shape index (κ3) is 2.66. The first-order chi connectivity index (χ1) is 8.63. The van der Waals surface area contributed by atoms with Gasteiger partial charge in [-0.05, 0) is 38.8 Å². The highest BCUT2D eigenvalue weighted by Gasteiger charge is 2.13. The molecular formula is C14H18ClFN2. The highest BCUT2D eigenvalue weighted by Crippen LogP contribution is 2.23. The predicted octanol–water partition coefficient (Wildman–Crippen LogP) is 4.32. The summed E-state index contributed by atoms with van der Waals surface area (Å²) in [5, 5.41) is 0. The van der Waals surface area contributed by atoms with Gasteiger partial charge in [0.15, 0.2) is 0 Å². The van der Waals surface area contributed by atoms with Crippen LogP contribution in [0.4, 0.5) is 4.39 Å². The monoisotopic (exact) mass is 268 g/mol. The van der Waals surface area contributed by atoms with Gasteiger partial charge in [-0.2, -0.15) is 0 Å².